The molecule has 1 N–H and O–H groups in total. The van der Waals surface area contributed by atoms with Crippen molar-refractivity contribution in [2.75, 3.05) is 6.79 Å². The Hall–Kier alpha value is -2.55. The molecule has 1 atom stereocenters. The van der Waals surface area contributed by atoms with Gasteiger partial charge in [-0.2, -0.15) is 0 Å². The molecular formula is C22H31NO7S. The Morgan fingerprint density at radius 1 is 0.903 bits per heavy atom. The van der Waals surface area contributed by atoms with Crippen LogP contribution in [0.5, 0.6) is 0 Å². The lowest BCUT2D eigenvalue weighted by atomic mass is 10.0. The summed E-state index contributed by atoms with van der Waals surface area (Å²) in [5.74, 6) is -2.24. The Balaban J connectivity index is 2.81. The summed E-state index contributed by atoms with van der Waals surface area (Å²) in [5, 5.41) is 1.91. The molecule has 31 heavy (non-hydrogen) atoms. The maximum atomic E-state index is 12.8. The van der Waals surface area contributed by atoms with Gasteiger partial charge in [0.25, 0.3) is 0 Å². The molecule has 0 aliphatic rings. The predicted octanol–water partition coefficient (Wildman–Crippen LogP) is 3.68. The number of benzene rings is 1. The van der Waals surface area contributed by atoms with Crippen LogP contribution in [-0.4, -0.2) is 40.7 Å². The Bertz CT molecular complexity index is 762. The second-order valence-electron chi connectivity index (χ2n) is 8.03. The topological polar surface area (TPSA) is 108 Å². The van der Waals surface area contributed by atoms with Gasteiger partial charge in [-0.3, -0.25) is 9.59 Å². The summed E-state index contributed by atoms with van der Waals surface area (Å²) < 4.78 is 14.0. The van der Waals surface area contributed by atoms with Gasteiger partial charge in [0.2, 0.25) is 12.7 Å². The molecule has 0 aliphatic heterocycles. The largest absolute Gasteiger partial charge is 0.459 e. The molecule has 1 aromatic carbocycles. The molecule has 0 saturated carbocycles. The van der Waals surface area contributed by atoms with Gasteiger partial charge >= 0.3 is 17.2 Å². The summed E-state index contributed by atoms with van der Waals surface area (Å²) >= 11 is 0.706. The van der Waals surface area contributed by atoms with Crippen LogP contribution < -0.4 is 5.32 Å². The second kappa shape index (κ2) is 12.3. The van der Waals surface area contributed by atoms with Gasteiger partial charge in [0.1, 0.15) is 12.6 Å². The number of hydrogen-bond donors (Lipinski definition) is 1. The predicted molar refractivity (Wildman–Crippen MR) is 117 cm³/mol. The number of thioether (sulfide) groups is 1. The fraction of sp³-hybridized carbons (Fsp3) is 0.545. The summed E-state index contributed by atoms with van der Waals surface area (Å²) in [6, 6.07) is 8.00. The first kappa shape index (κ1) is 26.5. The van der Waals surface area contributed by atoms with Gasteiger partial charge in [-0.15, -0.1) is 0 Å². The lowest BCUT2D eigenvalue weighted by molar-refractivity contribution is -0.155. The molecule has 0 radical (unpaired) electrons. The average molecular weight is 454 g/mol. The van der Waals surface area contributed by atoms with E-state index in [4.69, 9.17) is 14.2 Å². The van der Waals surface area contributed by atoms with E-state index in [1.807, 2.05) is 30.3 Å². The number of carbonyl (C=O) groups excluding carboxylic acids is 4. The van der Waals surface area contributed by atoms with Crippen LogP contribution in [-0.2, 0) is 35.2 Å². The van der Waals surface area contributed by atoms with E-state index in [0.29, 0.717) is 11.8 Å². The zero-order valence-electron chi connectivity index (χ0n) is 18.8. The minimum absolute atomic E-state index is 0.0318. The number of rotatable bonds is 10. The first-order valence-electron chi connectivity index (χ1n) is 9.97. The van der Waals surface area contributed by atoms with E-state index in [0.717, 1.165) is 5.56 Å². The Morgan fingerprint density at radius 2 is 1.52 bits per heavy atom. The first-order chi connectivity index (χ1) is 14.4. The molecule has 0 bridgehead atoms. The van der Waals surface area contributed by atoms with Gasteiger partial charge in [0.15, 0.2) is 0 Å². The summed E-state index contributed by atoms with van der Waals surface area (Å²) in [7, 11) is 0. The van der Waals surface area contributed by atoms with Crippen LogP contribution in [0.25, 0.3) is 0 Å². The van der Waals surface area contributed by atoms with Crippen molar-refractivity contribution in [1.82, 2.24) is 5.32 Å². The molecule has 172 valence electrons. The van der Waals surface area contributed by atoms with Crippen LogP contribution in [0.1, 0.15) is 47.1 Å². The lowest BCUT2D eigenvalue weighted by Crippen LogP contribution is -2.54. The number of esters is 2. The SMILES string of the molecule is CC(C)C(=O)N[C@@H](C(=O)OCc1ccccc1)C(C)(C)SC(=O)OCOC(=O)C(C)C. The average Bonchev–Trinajstić information content (AvgIpc) is 2.69. The van der Waals surface area contributed by atoms with E-state index in [1.165, 1.54) is 0 Å². The second-order valence-corrected chi connectivity index (χ2v) is 9.62. The minimum atomic E-state index is -1.11. The third-order valence-electron chi connectivity index (χ3n) is 4.16. The quantitative estimate of drug-likeness (QED) is 0.422. The maximum absolute atomic E-state index is 12.8. The molecule has 0 saturated heterocycles. The van der Waals surface area contributed by atoms with Crippen molar-refractivity contribution in [3.05, 3.63) is 35.9 Å². The lowest BCUT2D eigenvalue weighted by Gasteiger charge is -2.32. The van der Waals surface area contributed by atoms with Gasteiger partial charge in [-0.05, 0) is 31.2 Å². The van der Waals surface area contributed by atoms with E-state index >= 15 is 0 Å². The van der Waals surface area contributed by atoms with Crippen molar-refractivity contribution >= 4 is 34.9 Å². The minimum Gasteiger partial charge on any atom is -0.459 e. The van der Waals surface area contributed by atoms with Crippen LogP contribution in [0.3, 0.4) is 0 Å². The highest BCUT2D eigenvalue weighted by atomic mass is 32.2. The molecule has 0 spiro atoms. The monoisotopic (exact) mass is 453 g/mol. The summed E-state index contributed by atoms with van der Waals surface area (Å²) in [6.45, 7) is 9.45. The van der Waals surface area contributed by atoms with Crippen molar-refractivity contribution in [2.45, 2.75) is 58.9 Å². The number of carbonyl (C=O) groups is 4. The zero-order valence-corrected chi connectivity index (χ0v) is 19.6. The molecule has 0 fully saturated rings. The van der Waals surface area contributed by atoms with Crippen molar-refractivity contribution < 1.29 is 33.4 Å². The normalized spacial score (nSPS) is 12.3. The fourth-order valence-electron chi connectivity index (χ4n) is 2.24. The van der Waals surface area contributed by atoms with Crippen molar-refractivity contribution in [2.24, 2.45) is 11.8 Å². The highest BCUT2D eigenvalue weighted by Gasteiger charge is 2.41. The molecule has 0 aliphatic carbocycles. The van der Waals surface area contributed by atoms with E-state index in [2.05, 4.69) is 5.32 Å². The van der Waals surface area contributed by atoms with Gasteiger partial charge in [0.05, 0.1) is 10.7 Å². The summed E-state index contributed by atoms with van der Waals surface area (Å²) in [4.78, 5) is 48.8. The van der Waals surface area contributed by atoms with E-state index in [-0.39, 0.29) is 24.3 Å². The van der Waals surface area contributed by atoms with Crippen LogP contribution in [0.15, 0.2) is 30.3 Å². The van der Waals surface area contributed by atoms with Crippen LogP contribution >= 0.6 is 11.8 Å². The molecule has 1 aromatic rings. The van der Waals surface area contributed by atoms with Crippen LogP contribution in [0.2, 0.25) is 0 Å². The Morgan fingerprint density at radius 3 is 2.06 bits per heavy atom. The van der Waals surface area contributed by atoms with Crippen LogP contribution in [0.4, 0.5) is 4.79 Å². The molecular weight excluding hydrogens is 422 g/mol. The van der Waals surface area contributed by atoms with Gasteiger partial charge in [-0.25, -0.2) is 9.59 Å². The Labute approximate surface area is 187 Å². The number of nitrogens with one attached hydrogen (secondary N) is 1. The molecule has 8 nitrogen and oxygen atoms in total. The molecule has 9 heteroatoms. The summed E-state index contributed by atoms with van der Waals surface area (Å²) in [6.07, 6.45) is 0. The van der Waals surface area contributed by atoms with E-state index in [1.54, 1.807) is 41.5 Å². The number of amides is 1. The summed E-state index contributed by atoms with van der Waals surface area (Å²) in [5.41, 5.74) is 0.793. The van der Waals surface area contributed by atoms with Crippen molar-refractivity contribution in [3.63, 3.8) is 0 Å². The molecule has 0 unspecified atom stereocenters. The van der Waals surface area contributed by atoms with Gasteiger partial charge in [-0.1, -0.05) is 58.0 Å². The third-order valence-corrected chi connectivity index (χ3v) is 5.21. The van der Waals surface area contributed by atoms with Crippen molar-refractivity contribution in [1.29, 1.82) is 0 Å². The highest BCUT2D eigenvalue weighted by molar-refractivity contribution is 8.14. The third kappa shape index (κ3) is 9.42. The van der Waals surface area contributed by atoms with Gasteiger partial charge < -0.3 is 19.5 Å². The Kier molecular flexibility index (Phi) is 10.5. The zero-order chi connectivity index (χ0) is 23.6. The van der Waals surface area contributed by atoms with Crippen molar-refractivity contribution in [3.8, 4) is 0 Å². The number of ether oxygens (including phenoxy) is 3. The van der Waals surface area contributed by atoms with E-state index < -0.39 is 34.8 Å². The van der Waals surface area contributed by atoms with Gasteiger partial charge in [0, 0.05) is 5.92 Å². The first-order valence-corrected chi connectivity index (χ1v) is 10.8. The smallest absolute Gasteiger partial charge is 0.370 e. The molecule has 0 aromatic heterocycles. The standard InChI is InChI=1S/C22H31NO7S/c1-14(2)18(24)23-17(20(26)28-12-16-10-8-7-9-11-16)22(5,6)31-21(27)30-13-29-19(25)15(3)4/h7-11,14-15,17H,12-13H2,1-6H3,(H,23,24)/t17-/m0/s1. The molecule has 1 amide bonds. The molecule has 0 heterocycles. The molecule has 1 rings (SSSR count). The highest BCUT2D eigenvalue weighted by Crippen LogP contribution is 2.31. The van der Waals surface area contributed by atoms with Crippen LogP contribution in [0, 0.1) is 11.8 Å². The maximum Gasteiger partial charge on any atom is 0.370 e. The fourth-order valence-corrected chi connectivity index (χ4v) is 3.05. The number of hydrogen-bond acceptors (Lipinski definition) is 8. The van der Waals surface area contributed by atoms with E-state index in [9.17, 15) is 19.2 Å².